The normalized spacial score (nSPS) is 15.8. The van der Waals surface area contributed by atoms with E-state index in [4.69, 9.17) is 26.2 Å². The quantitative estimate of drug-likeness (QED) is 0.443. The molecule has 0 radical (unpaired) electrons. The van der Waals surface area contributed by atoms with Crippen LogP contribution in [-0.2, 0) is 19.6 Å². The van der Waals surface area contributed by atoms with Crippen LogP contribution in [0.25, 0.3) is 0 Å². The van der Waals surface area contributed by atoms with Crippen molar-refractivity contribution in [3.63, 3.8) is 0 Å². The van der Waals surface area contributed by atoms with E-state index in [1.54, 1.807) is 0 Å². The van der Waals surface area contributed by atoms with Gasteiger partial charge in [-0.25, -0.2) is 13.2 Å². The Morgan fingerprint density at radius 1 is 1.21 bits per heavy atom. The minimum atomic E-state index is -4.83. The monoisotopic (exact) mass is 580 g/mol. The van der Waals surface area contributed by atoms with Gasteiger partial charge in [-0.3, -0.25) is 14.4 Å². The number of amides is 1. The number of alkyl halides is 3. The molecule has 1 aliphatic rings. The van der Waals surface area contributed by atoms with E-state index in [1.807, 2.05) is 0 Å². The molecule has 0 unspecified atom stereocenters. The third kappa shape index (κ3) is 6.35. The molecule has 0 fully saturated rings. The Labute approximate surface area is 221 Å². The number of benzene rings is 2. The lowest BCUT2D eigenvalue weighted by molar-refractivity contribution is -0.242. The van der Waals surface area contributed by atoms with Crippen LogP contribution in [0, 0.1) is 0 Å². The number of sulfonamides is 1. The van der Waals surface area contributed by atoms with E-state index in [0.29, 0.717) is 13.8 Å². The highest BCUT2D eigenvalue weighted by molar-refractivity contribution is 7.93. The smallest absolute Gasteiger partial charge is 0.427 e. The number of halogens is 4. The summed E-state index contributed by atoms with van der Waals surface area (Å²) in [7, 11) is -3.14. The van der Waals surface area contributed by atoms with Crippen molar-refractivity contribution in [1.29, 1.82) is 0 Å². The molecule has 1 aliphatic heterocycles. The van der Waals surface area contributed by atoms with Gasteiger partial charge in [0.2, 0.25) is 5.60 Å². The molecule has 1 atom stereocenters. The molecule has 0 aliphatic carbocycles. The molecular weight excluding hydrogens is 557 g/mol. The lowest BCUT2D eigenvalue weighted by Crippen LogP contribution is -2.44. The summed E-state index contributed by atoms with van der Waals surface area (Å²) in [4.78, 5) is 23.0. The Balaban J connectivity index is 2.02. The summed E-state index contributed by atoms with van der Waals surface area (Å²) < 4.78 is 83.2. The molecule has 1 heterocycles. The Hall–Kier alpha value is -3.39. The van der Waals surface area contributed by atoms with Crippen molar-refractivity contribution in [3.8, 4) is 11.5 Å². The number of methoxy groups -OCH3 is 1. The second kappa shape index (κ2) is 10.8. The van der Waals surface area contributed by atoms with Gasteiger partial charge in [-0.1, -0.05) is 11.6 Å². The molecule has 0 spiro atoms. The molecule has 0 aromatic heterocycles. The fraction of sp³-hybridized carbons (Fsp3) is 0.391. The van der Waals surface area contributed by atoms with Crippen molar-refractivity contribution < 1.29 is 50.5 Å². The van der Waals surface area contributed by atoms with Crippen LogP contribution >= 0.6 is 11.6 Å². The summed E-state index contributed by atoms with van der Waals surface area (Å²) >= 11 is 6.03. The summed E-state index contributed by atoms with van der Waals surface area (Å²) in [5, 5.41) is 11.3. The Morgan fingerprint density at radius 2 is 1.89 bits per heavy atom. The lowest BCUT2D eigenvalue weighted by Gasteiger charge is -2.36. The van der Waals surface area contributed by atoms with E-state index in [1.165, 1.54) is 43.5 Å². The summed E-state index contributed by atoms with van der Waals surface area (Å²) in [5.74, 6) is -1.09. The van der Waals surface area contributed by atoms with Gasteiger partial charge >= 0.3 is 18.2 Å². The second-order valence-corrected chi connectivity index (χ2v) is 11.0. The topological polar surface area (TPSA) is 131 Å². The molecule has 0 saturated carbocycles. The first kappa shape index (κ1) is 29.2. The average molecular weight is 581 g/mol. The average Bonchev–Trinajstić information content (AvgIpc) is 2.81. The van der Waals surface area contributed by atoms with Crippen LogP contribution in [0.1, 0.15) is 26.7 Å². The van der Waals surface area contributed by atoms with E-state index < -0.39 is 40.0 Å². The fourth-order valence-corrected chi connectivity index (χ4v) is 5.38. The number of aliphatic carboxylic acids is 1. The lowest BCUT2D eigenvalue weighted by atomic mass is 10.1. The van der Waals surface area contributed by atoms with Gasteiger partial charge in [0.1, 0.15) is 22.5 Å². The van der Waals surface area contributed by atoms with Gasteiger partial charge in [0, 0.05) is 17.1 Å². The van der Waals surface area contributed by atoms with Crippen molar-refractivity contribution in [2.24, 2.45) is 0 Å². The highest BCUT2D eigenvalue weighted by atomic mass is 35.5. The number of fused-ring (bicyclic) bond motifs is 1. The van der Waals surface area contributed by atoms with Crippen LogP contribution in [-0.4, -0.2) is 57.1 Å². The number of nitrogens with one attached hydrogen (secondary N) is 1. The predicted molar refractivity (Wildman–Crippen MR) is 131 cm³/mol. The van der Waals surface area contributed by atoms with Gasteiger partial charge in [-0.15, -0.1) is 0 Å². The van der Waals surface area contributed by atoms with Gasteiger partial charge in [0.15, 0.2) is 0 Å². The van der Waals surface area contributed by atoms with Crippen molar-refractivity contribution in [1.82, 2.24) is 0 Å². The molecule has 208 valence electrons. The van der Waals surface area contributed by atoms with E-state index in [9.17, 15) is 31.2 Å². The molecule has 2 aromatic carbocycles. The Bertz CT molecular complexity index is 1330. The number of carbonyl (C=O) groups excluding carboxylic acids is 1. The van der Waals surface area contributed by atoms with Crippen molar-refractivity contribution in [2.75, 3.05) is 23.3 Å². The highest BCUT2D eigenvalue weighted by Crippen LogP contribution is 2.42. The van der Waals surface area contributed by atoms with Crippen LogP contribution in [0.15, 0.2) is 41.3 Å². The second-order valence-electron chi connectivity index (χ2n) is 8.71. The zero-order chi connectivity index (χ0) is 28.5. The van der Waals surface area contributed by atoms with Crippen LogP contribution in [0.2, 0.25) is 5.02 Å². The van der Waals surface area contributed by atoms with Crippen molar-refractivity contribution >= 4 is 45.1 Å². The van der Waals surface area contributed by atoms with Crippen LogP contribution in [0.3, 0.4) is 0 Å². The molecular formula is C23H24ClF3N2O8S. The first-order valence-corrected chi connectivity index (χ1v) is 12.8. The third-order valence-electron chi connectivity index (χ3n) is 5.54. The number of nitrogens with zero attached hydrogens (tertiary/aromatic N) is 1. The maximum atomic E-state index is 13.8. The van der Waals surface area contributed by atoms with Crippen LogP contribution in [0.5, 0.6) is 11.5 Å². The standard InChI is InChI=1S/C23H24ClF3N2O8S/c1-22(2,23(25,26)27)37-21(32)28-14-5-8-17-16(11-14)29(12-15(36-17)6-9-20(30)31)38(33,34)19-10-13(24)4-7-18(19)35-3/h4-5,7-8,10-11,15H,6,9,12H2,1-3H3,(H,28,32)(H,30,31)/t15-/m0/s1. The summed E-state index contributed by atoms with van der Waals surface area (Å²) in [6.07, 6.45) is -7.43. The number of rotatable bonds is 8. The molecule has 1 amide bonds. The number of ether oxygens (including phenoxy) is 3. The summed E-state index contributed by atoms with van der Waals surface area (Å²) in [5.41, 5.74) is -2.94. The number of hydrogen-bond acceptors (Lipinski definition) is 7. The first-order chi connectivity index (χ1) is 17.5. The molecule has 10 nitrogen and oxygen atoms in total. The van der Waals surface area contributed by atoms with Crippen molar-refractivity contribution in [2.45, 2.75) is 49.5 Å². The fourth-order valence-electron chi connectivity index (χ4n) is 3.46. The predicted octanol–water partition coefficient (Wildman–Crippen LogP) is 5.06. The third-order valence-corrected chi connectivity index (χ3v) is 7.58. The zero-order valence-electron chi connectivity index (χ0n) is 20.3. The van der Waals surface area contributed by atoms with E-state index in [2.05, 4.69) is 10.1 Å². The zero-order valence-corrected chi connectivity index (χ0v) is 21.9. The maximum absolute atomic E-state index is 13.8. The highest BCUT2D eigenvalue weighted by Gasteiger charge is 2.51. The molecule has 38 heavy (non-hydrogen) atoms. The minimum Gasteiger partial charge on any atom is -0.495 e. The van der Waals surface area contributed by atoms with Gasteiger partial charge in [-0.2, -0.15) is 13.2 Å². The Kier molecular flexibility index (Phi) is 8.27. The molecule has 2 N–H and O–H groups in total. The van der Waals surface area contributed by atoms with Crippen LogP contribution in [0.4, 0.5) is 29.3 Å². The van der Waals surface area contributed by atoms with Gasteiger partial charge in [-0.05, 0) is 56.7 Å². The number of hydrogen-bond donors (Lipinski definition) is 2. The van der Waals surface area contributed by atoms with E-state index in [-0.39, 0.29) is 52.2 Å². The molecule has 15 heteroatoms. The SMILES string of the molecule is COc1ccc(Cl)cc1S(=O)(=O)N1C[C@H](CCC(=O)O)Oc2ccc(NC(=O)OC(C)(C)C(F)(F)F)cc21. The summed E-state index contributed by atoms with van der Waals surface area (Å²) in [6.45, 7) is 1.04. The van der Waals surface area contributed by atoms with Crippen molar-refractivity contribution in [3.05, 3.63) is 41.4 Å². The number of anilines is 2. The van der Waals surface area contributed by atoms with E-state index >= 15 is 0 Å². The van der Waals surface area contributed by atoms with Crippen LogP contribution < -0.4 is 19.1 Å². The molecule has 3 rings (SSSR count). The minimum absolute atomic E-state index is 0.0169. The van der Waals surface area contributed by atoms with Gasteiger partial charge < -0.3 is 19.3 Å². The molecule has 0 bridgehead atoms. The number of carbonyl (C=O) groups is 2. The first-order valence-electron chi connectivity index (χ1n) is 11.0. The van der Waals surface area contributed by atoms with Gasteiger partial charge in [0.25, 0.3) is 10.0 Å². The molecule has 2 aromatic rings. The van der Waals surface area contributed by atoms with E-state index in [0.717, 1.165) is 4.31 Å². The van der Waals surface area contributed by atoms with Gasteiger partial charge in [0.05, 0.1) is 19.3 Å². The summed E-state index contributed by atoms with van der Waals surface area (Å²) in [6, 6.07) is 7.71. The number of carboxylic acid groups (broad SMARTS) is 1. The maximum Gasteiger partial charge on any atom is 0.427 e. The number of carboxylic acids is 1. The molecule has 0 saturated heterocycles. The Morgan fingerprint density at radius 3 is 2.50 bits per heavy atom. The largest absolute Gasteiger partial charge is 0.495 e.